The van der Waals surface area contributed by atoms with Crippen LogP contribution in [0.4, 0.5) is 5.13 Å². The third-order valence-electron chi connectivity index (χ3n) is 4.30. The van der Waals surface area contributed by atoms with Crippen molar-refractivity contribution in [1.29, 1.82) is 0 Å². The largest absolute Gasteiger partial charge is 0.356 e. The van der Waals surface area contributed by atoms with E-state index in [0.29, 0.717) is 0 Å². The maximum Gasteiger partial charge on any atom is 0.223 e. The Bertz CT molecular complexity index is 680. The standard InChI is InChI=1S/C17H22ClN3OS/c1-2-3-8-19-16(22)12-6-9-21(10-7-12)17-20-14-11-13(18)4-5-15(14)23-17/h4-5,11-12H,2-3,6-10H2,1H3,(H,19,22). The molecule has 1 aromatic carbocycles. The van der Waals surface area contributed by atoms with Crippen molar-refractivity contribution < 1.29 is 4.79 Å². The topological polar surface area (TPSA) is 45.2 Å². The minimum absolute atomic E-state index is 0.145. The van der Waals surface area contributed by atoms with Crippen LogP contribution in [0.1, 0.15) is 32.6 Å². The summed E-state index contributed by atoms with van der Waals surface area (Å²) in [5.74, 6) is 0.362. The van der Waals surface area contributed by atoms with Gasteiger partial charge in [-0.05, 0) is 37.5 Å². The summed E-state index contributed by atoms with van der Waals surface area (Å²) in [6, 6.07) is 5.83. The smallest absolute Gasteiger partial charge is 0.223 e. The highest BCUT2D eigenvalue weighted by molar-refractivity contribution is 7.22. The molecule has 1 aliphatic rings. The van der Waals surface area contributed by atoms with Crippen LogP contribution >= 0.6 is 22.9 Å². The Kier molecular flexibility index (Phi) is 5.38. The third-order valence-corrected chi connectivity index (χ3v) is 5.64. The minimum Gasteiger partial charge on any atom is -0.356 e. The summed E-state index contributed by atoms with van der Waals surface area (Å²) in [4.78, 5) is 19.1. The van der Waals surface area contributed by atoms with Crippen molar-refractivity contribution in [3.05, 3.63) is 23.2 Å². The molecule has 1 amide bonds. The van der Waals surface area contributed by atoms with E-state index in [1.807, 2.05) is 18.2 Å². The van der Waals surface area contributed by atoms with Crippen LogP contribution in [0.15, 0.2) is 18.2 Å². The highest BCUT2D eigenvalue weighted by atomic mass is 35.5. The molecule has 4 nitrogen and oxygen atoms in total. The number of thiazole rings is 1. The Morgan fingerprint density at radius 1 is 1.43 bits per heavy atom. The maximum absolute atomic E-state index is 12.1. The maximum atomic E-state index is 12.1. The fraction of sp³-hybridized carbons (Fsp3) is 0.529. The Morgan fingerprint density at radius 2 is 2.22 bits per heavy atom. The molecule has 1 N–H and O–H groups in total. The van der Waals surface area contributed by atoms with Gasteiger partial charge in [-0.15, -0.1) is 0 Å². The summed E-state index contributed by atoms with van der Waals surface area (Å²) in [6.45, 7) is 4.71. The van der Waals surface area contributed by atoms with Crippen molar-refractivity contribution in [1.82, 2.24) is 10.3 Å². The van der Waals surface area contributed by atoms with Crippen molar-refractivity contribution in [3.63, 3.8) is 0 Å². The number of piperidine rings is 1. The Hall–Kier alpha value is -1.33. The zero-order valence-electron chi connectivity index (χ0n) is 13.3. The van der Waals surface area contributed by atoms with Crippen molar-refractivity contribution in [2.75, 3.05) is 24.5 Å². The molecule has 0 atom stereocenters. The first-order valence-corrected chi connectivity index (χ1v) is 9.45. The van der Waals surface area contributed by atoms with Crippen LogP contribution in [-0.2, 0) is 4.79 Å². The van der Waals surface area contributed by atoms with E-state index >= 15 is 0 Å². The first-order valence-electron chi connectivity index (χ1n) is 8.26. The van der Waals surface area contributed by atoms with E-state index < -0.39 is 0 Å². The molecule has 124 valence electrons. The van der Waals surface area contributed by atoms with Crippen molar-refractivity contribution in [2.45, 2.75) is 32.6 Å². The van der Waals surface area contributed by atoms with E-state index in [2.05, 4.69) is 22.1 Å². The second kappa shape index (κ2) is 7.49. The van der Waals surface area contributed by atoms with E-state index in [-0.39, 0.29) is 11.8 Å². The predicted molar refractivity (Wildman–Crippen MR) is 97.5 cm³/mol. The number of anilines is 1. The number of aromatic nitrogens is 1. The molecule has 3 rings (SSSR count). The normalized spacial score (nSPS) is 16.0. The van der Waals surface area contributed by atoms with E-state index in [1.165, 1.54) is 0 Å². The average Bonchev–Trinajstić information content (AvgIpc) is 2.98. The van der Waals surface area contributed by atoms with Crippen LogP contribution < -0.4 is 10.2 Å². The molecule has 1 aromatic heterocycles. The summed E-state index contributed by atoms with van der Waals surface area (Å²) >= 11 is 7.72. The van der Waals surface area contributed by atoms with Crippen LogP contribution in [-0.4, -0.2) is 30.5 Å². The number of nitrogens with zero attached hydrogens (tertiary/aromatic N) is 2. The Labute approximate surface area is 145 Å². The van der Waals surface area contributed by atoms with Gasteiger partial charge in [-0.2, -0.15) is 0 Å². The number of halogens is 1. The number of fused-ring (bicyclic) bond motifs is 1. The fourth-order valence-corrected chi connectivity index (χ4v) is 4.05. The minimum atomic E-state index is 0.145. The van der Waals surface area contributed by atoms with Crippen molar-refractivity contribution in [2.24, 2.45) is 5.92 Å². The summed E-state index contributed by atoms with van der Waals surface area (Å²) in [5.41, 5.74) is 0.955. The van der Waals surface area contributed by atoms with Crippen molar-refractivity contribution >= 4 is 44.2 Å². The van der Waals surface area contributed by atoms with Gasteiger partial charge in [0.2, 0.25) is 5.91 Å². The van der Waals surface area contributed by atoms with Crippen LogP contribution in [0.3, 0.4) is 0 Å². The summed E-state index contributed by atoms with van der Waals surface area (Å²) in [6.07, 6.45) is 3.96. The molecule has 0 aliphatic carbocycles. The number of hydrogen-bond acceptors (Lipinski definition) is 4. The lowest BCUT2D eigenvalue weighted by Crippen LogP contribution is -2.40. The van der Waals surface area contributed by atoms with Gasteiger partial charge in [0.15, 0.2) is 5.13 Å². The van der Waals surface area contributed by atoms with Gasteiger partial charge in [-0.25, -0.2) is 4.98 Å². The van der Waals surface area contributed by atoms with Crippen LogP contribution in [0.25, 0.3) is 10.2 Å². The molecule has 1 fully saturated rings. The molecule has 0 unspecified atom stereocenters. The molecule has 1 aliphatic heterocycles. The lowest BCUT2D eigenvalue weighted by molar-refractivity contribution is -0.125. The van der Waals surface area contributed by atoms with Gasteiger partial charge in [0.1, 0.15) is 0 Å². The molecular weight excluding hydrogens is 330 g/mol. The fourth-order valence-electron chi connectivity index (χ4n) is 2.89. The lowest BCUT2D eigenvalue weighted by atomic mass is 9.96. The molecule has 1 saturated heterocycles. The lowest BCUT2D eigenvalue weighted by Gasteiger charge is -2.31. The zero-order chi connectivity index (χ0) is 16.2. The Balaban J connectivity index is 1.58. The number of carbonyl (C=O) groups is 1. The second-order valence-corrected chi connectivity index (χ2v) is 7.46. The number of carbonyl (C=O) groups excluding carboxylic acids is 1. The number of hydrogen-bond donors (Lipinski definition) is 1. The molecule has 0 radical (unpaired) electrons. The first-order chi connectivity index (χ1) is 11.2. The highest BCUT2D eigenvalue weighted by Crippen LogP contribution is 2.32. The van der Waals surface area contributed by atoms with Gasteiger partial charge in [0.25, 0.3) is 0 Å². The van der Waals surface area contributed by atoms with E-state index in [1.54, 1.807) is 11.3 Å². The van der Waals surface area contributed by atoms with Gasteiger partial charge in [0, 0.05) is 30.6 Å². The molecule has 0 bridgehead atoms. The summed E-state index contributed by atoms with van der Waals surface area (Å²) in [7, 11) is 0. The van der Waals surface area contributed by atoms with Crippen LogP contribution in [0.5, 0.6) is 0 Å². The summed E-state index contributed by atoms with van der Waals surface area (Å²) < 4.78 is 1.16. The highest BCUT2D eigenvalue weighted by Gasteiger charge is 2.26. The number of benzene rings is 1. The molecule has 23 heavy (non-hydrogen) atoms. The Morgan fingerprint density at radius 3 is 2.96 bits per heavy atom. The molecule has 0 saturated carbocycles. The zero-order valence-corrected chi connectivity index (χ0v) is 14.9. The van der Waals surface area contributed by atoms with Gasteiger partial charge < -0.3 is 10.2 Å². The third kappa shape index (κ3) is 3.96. The van der Waals surface area contributed by atoms with Crippen LogP contribution in [0.2, 0.25) is 5.02 Å². The van der Waals surface area contributed by atoms with E-state index in [0.717, 1.165) is 65.7 Å². The monoisotopic (exact) mass is 351 g/mol. The second-order valence-electron chi connectivity index (χ2n) is 6.01. The molecule has 6 heteroatoms. The quantitative estimate of drug-likeness (QED) is 0.825. The van der Waals surface area contributed by atoms with E-state index in [9.17, 15) is 4.79 Å². The van der Waals surface area contributed by atoms with Gasteiger partial charge in [-0.1, -0.05) is 36.3 Å². The number of rotatable bonds is 5. The van der Waals surface area contributed by atoms with Crippen molar-refractivity contribution in [3.8, 4) is 0 Å². The number of unbranched alkanes of at least 4 members (excludes halogenated alkanes) is 1. The SMILES string of the molecule is CCCCNC(=O)C1CCN(c2nc3cc(Cl)ccc3s2)CC1. The van der Waals surface area contributed by atoms with Gasteiger partial charge in [0.05, 0.1) is 10.2 Å². The average molecular weight is 352 g/mol. The molecular formula is C17H22ClN3OS. The first kappa shape index (κ1) is 16.5. The van der Waals surface area contributed by atoms with Gasteiger partial charge in [-0.3, -0.25) is 4.79 Å². The van der Waals surface area contributed by atoms with Gasteiger partial charge >= 0.3 is 0 Å². The molecule has 0 spiro atoms. The summed E-state index contributed by atoms with van der Waals surface area (Å²) in [5, 5.41) is 4.80. The molecule has 2 aromatic rings. The van der Waals surface area contributed by atoms with Crippen LogP contribution in [0, 0.1) is 5.92 Å². The predicted octanol–water partition coefficient (Wildman–Crippen LogP) is 4.08. The number of nitrogens with one attached hydrogen (secondary N) is 1. The number of amides is 1. The van der Waals surface area contributed by atoms with E-state index in [4.69, 9.17) is 11.6 Å². The molecule has 2 heterocycles.